The molecule has 1 aliphatic heterocycles. The normalized spacial score (nSPS) is 15.3. The van der Waals surface area contributed by atoms with Gasteiger partial charge in [-0.15, -0.1) is 0 Å². The first-order chi connectivity index (χ1) is 9.81. The first kappa shape index (κ1) is 13.0. The van der Waals surface area contributed by atoms with Crippen LogP contribution in [0.2, 0.25) is 0 Å². The van der Waals surface area contributed by atoms with Gasteiger partial charge < -0.3 is 10.2 Å². The van der Waals surface area contributed by atoms with Crippen molar-refractivity contribution in [2.45, 2.75) is 6.42 Å². The number of hydrogen-bond acceptors (Lipinski definition) is 4. The summed E-state index contributed by atoms with van der Waals surface area (Å²) in [6.07, 6.45) is 2.42. The maximum Gasteiger partial charge on any atom is 0.135 e. The average molecular weight is 272 g/mol. The van der Waals surface area contributed by atoms with Crippen molar-refractivity contribution in [3.63, 3.8) is 0 Å². The van der Waals surface area contributed by atoms with Crippen LogP contribution in [0.15, 0.2) is 36.5 Å². The highest BCUT2D eigenvalue weighted by Gasteiger charge is 2.12. The van der Waals surface area contributed by atoms with Crippen molar-refractivity contribution in [3.05, 3.63) is 53.7 Å². The molecule has 0 aliphatic carbocycles. The lowest BCUT2D eigenvalue weighted by molar-refractivity contribution is 0.583. The summed E-state index contributed by atoms with van der Waals surface area (Å²) in [5.41, 5.74) is 1.02. The van der Waals surface area contributed by atoms with Gasteiger partial charge in [-0.2, -0.15) is 0 Å². The highest BCUT2D eigenvalue weighted by molar-refractivity contribution is 5.38. The maximum absolute atomic E-state index is 12.9. The third-order valence-electron chi connectivity index (χ3n) is 3.41. The molecule has 1 aliphatic rings. The summed E-state index contributed by atoms with van der Waals surface area (Å²) in [6, 6.07) is 8.43. The van der Waals surface area contributed by atoms with Gasteiger partial charge in [0.15, 0.2) is 0 Å². The smallest absolute Gasteiger partial charge is 0.135 e. The predicted molar refractivity (Wildman–Crippen MR) is 76.3 cm³/mol. The van der Waals surface area contributed by atoms with Gasteiger partial charge in [-0.3, -0.25) is 0 Å². The second-order valence-electron chi connectivity index (χ2n) is 4.87. The van der Waals surface area contributed by atoms with Crippen LogP contribution in [0.25, 0.3) is 0 Å². The van der Waals surface area contributed by atoms with E-state index in [0.717, 1.165) is 43.4 Å². The summed E-state index contributed by atoms with van der Waals surface area (Å²) in [6.45, 7) is 3.90. The van der Waals surface area contributed by atoms with Gasteiger partial charge in [-0.05, 0) is 23.8 Å². The maximum atomic E-state index is 12.9. The lowest BCUT2D eigenvalue weighted by Crippen LogP contribution is -2.44. The Morgan fingerprint density at radius 1 is 1.10 bits per heavy atom. The molecule has 0 spiro atoms. The van der Waals surface area contributed by atoms with Gasteiger partial charge in [0.2, 0.25) is 0 Å². The lowest BCUT2D eigenvalue weighted by Gasteiger charge is -2.28. The third-order valence-corrected chi connectivity index (χ3v) is 3.41. The molecular weight excluding hydrogens is 255 g/mol. The second-order valence-corrected chi connectivity index (χ2v) is 4.87. The molecule has 1 saturated heterocycles. The fourth-order valence-corrected chi connectivity index (χ4v) is 2.33. The third kappa shape index (κ3) is 3.11. The fraction of sp³-hybridized carbons (Fsp3) is 0.333. The van der Waals surface area contributed by atoms with Crippen molar-refractivity contribution >= 4 is 5.82 Å². The number of anilines is 1. The van der Waals surface area contributed by atoms with Gasteiger partial charge in [0.1, 0.15) is 17.5 Å². The Balaban J connectivity index is 1.75. The van der Waals surface area contributed by atoms with Gasteiger partial charge in [0.25, 0.3) is 0 Å². The van der Waals surface area contributed by atoms with Crippen LogP contribution in [-0.2, 0) is 6.42 Å². The Morgan fingerprint density at radius 2 is 1.85 bits per heavy atom. The SMILES string of the molecule is Fc1ccc(Cc2nccc(N3CCNCC3)n2)cc1. The Kier molecular flexibility index (Phi) is 3.87. The summed E-state index contributed by atoms with van der Waals surface area (Å²) in [5.74, 6) is 1.52. The molecule has 2 aromatic rings. The van der Waals surface area contributed by atoms with Crippen LogP contribution >= 0.6 is 0 Å². The van der Waals surface area contributed by atoms with Gasteiger partial charge >= 0.3 is 0 Å². The number of piperazine rings is 1. The number of aromatic nitrogens is 2. The van der Waals surface area contributed by atoms with E-state index in [2.05, 4.69) is 20.2 Å². The first-order valence-corrected chi connectivity index (χ1v) is 6.83. The monoisotopic (exact) mass is 272 g/mol. The van der Waals surface area contributed by atoms with E-state index >= 15 is 0 Å². The number of nitrogens with one attached hydrogen (secondary N) is 1. The zero-order valence-electron chi connectivity index (χ0n) is 11.2. The predicted octanol–water partition coefficient (Wildman–Crippen LogP) is 1.62. The van der Waals surface area contributed by atoms with Crippen LogP contribution in [0, 0.1) is 5.82 Å². The minimum Gasteiger partial charge on any atom is -0.354 e. The van der Waals surface area contributed by atoms with Crippen LogP contribution in [0.5, 0.6) is 0 Å². The van der Waals surface area contributed by atoms with Crippen molar-refractivity contribution < 1.29 is 4.39 Å². The molecule has 0 amide bonds. The molecule has 4 nitrogen and oxygen atoms in total. The molecule has 0 atom stereocenters. The fourth-order valence-electron chi connectivity index (χ4n) is 2.33. The number of rotatable bonds is 3. The van der Waals surface area contributed by atoms with Gasteiger partial charge in [0, 0.05) is 38.8 Å². The van der Waals surface area contributed by atoms with Crippen LogP contribution in [0.3, 0.4) is 0 Å². The Bertz CT molecular complexity index is 564. The molecule has 5 heteroatoms. The van der Waals surface area contributed by atoms with Gasteiger partial charge in [0.05, 0.1) is 0 Å². The summed E-state index contributed by atoms with van der Waals surface area (Å²) >= 11 is 0. The molecule has 0 unspecified atom stereocenters. The lowest BCUT2D eigenvalue weighted by atomic mass is 10.1. The Hall–Kier alpha value is -2.01. The number of nitrogens with zero attached hydrogens (tertiary/aromatic N) is 3. The zero-order chi connectivity index (χ0) is 13.8. The number of halogens is 1. The average Bonchev–Trinajstić information content (AvgIpc) is 2.51. The summed E-state index contributed by atoms with van der Waals surface area (Å²) in [5, 5.41) is 3.32. The van der Waals surface area contributed by atoms with Gasteiger partial charge in [-0.25, -0.2) is 14.4 Å². The van der Waals surface area contributed by atoms with Crippen molar-refractivity contribution in [2.75, 3.05) is 31.1 Å². The van der Waals surface area contributed by atoms with E-state index in [1.807, 2.05) is 6.07 Å². The highest BCUT2D eigenvalue weighted by atomic mass is 19.1. The molecule has 0 radical (unpaired) electrons. The molecule has 3 rings (SSSR count). The minimum absolute atomic E-state index is 0.218. The van der Waals surface area contributed by atoms with Gasteiger partial charge in [-0.1, -0.05) is 12.1 Å². The van der Waals surface area contributed by atoms with E-state index in [-0.39, 0.29) is 5.82 Å². The molecule has 1 fully saturated rings. The summed E-state index contributed by atoms with van der Waals surface area (Å²) in [4.78, 5) is 11.2. The molecule has 1 aromatic carbocycles. The number of hydrogen-bond donors (Lipinski definition) is 1. The van der Waals surface area contributed by atoms with Crippen LogP contribution < -0.4 is 10.2 Å². The van der Waals surface area contributed by atoms with E-state index in [9.17, 15) is 4.39 Å². The molecule has 1 aromatic heterocycles. The first-order valence-electron chi connectivity index (χ1n) is 6.83. The van der Waals surface area contributed by atoms with E-state index in [1.165, 1.54) is 12.1 Å². The summed E-state index contributed by atoms with van der Waals surface area (Å²) < 4.78 is 12.9. The second kappa shape index (κ2) is 5.96. The standard InChI is InChI=1S/C15H17FN4/c16-13-3-1-12(2-4-13)11-14-18-6-5-15(19-14)20-9-7-17-8-10-20/h1-6,17H,7-11H2. The largest absolute Gasteiger partial charge is 0.354 e. The molecule has 0 bridgehead atoms. The molecule has 104 valence electrons. The minimum atomic E-state index is -0.218. The highest BCUT2D eigenvalue weighted by Crippen LogP contribution is 2.13. The molecular formula is C15H17FN4. The van der Waals surface area contributed by atoms with Crippen LogP contribution in [-0.4, -0.2) is 36.1 Å². The zero-order valence-corrected chi connectivity index (χ0v) is 11.2. The van der Waals surface area contributed by atoms with E-state index in [0.29, 0.717) is 6.42 Å². The van der Waals surface area contributed by atoms with Crippen molar-refractivity contribution in [1.82, 2.24) is 15.3 Å². The van der Waals surface area contributed by atoms with E-state index in [4.69, 9.17) is 0 Å². The van der Waals surface area contributed by atoms with Crippen molar-refractivity contribution in [3.8, 4) is 0 Å². The topological polar surface area (TPSA) is 41.1 Å². The molecule has 1 N–H and O–H groups in total. The van der Waals surface area contributed by atoms with Crippen molar-refractivity contribution in [1.29, 1.82) is 0 Å². The van der Waals surface area contributed by atoms with Crippen LogP contribution in [0.4, 0.5) is 10.2 Å². The van der Waals surface area contributed by atoms with Crippen LogP contribution in [0.1, 0.15) is 11.4 Å². The van der Waals surface area contributed by atoms with E-state index < -0.39 is 0 Å². The summed E-state index contributed by atoms with van der Waals surface area (Å²) in [7, 11) is 0. The number of benzene rings is 1. The Morgan fingerprint density at radius 3 is 2.60 bits per heavy atom. The molecule has 0 saturated carbocycles. The quantitative estimate of drug-likeness (QED) is 0.922. The Labute approximate surface area is 117 Å². The molecule has 2 heterocycles. The van der Waals surface area contributed by atoms with Crippen molar-refractivity contribution in [2.24, 2.45) is 0 Å². The molecule has 20 heavy (non-hydrogen) atoms. The van der Waals surface area contributed by atoms with E-state index in [1.54, 1.807) is 18.3 Å².